The molecule has 0 saturated carbocycles. The molecule has 5 heteroatoms. The largest absolute Gasteiger partial charge is 0.302 e. The predicted molar refractivity (Wildman–Crippen MR) is 75.6 cm³/mol. The SMILES string of the molecule is CCc1cnc(CNC(CC)c2ccc(F)cn2)s1. The molecule has 19 heavy (non-hydrogen) atoms. The van der Waals surface area contributed by atoms with E-state index >= 15 is 0 Å². The van der Waals surface area contributed by atoms with Crippen molar-refractivity contribution in [1.82, 2.24) is 15.3 Å². The lowest BCUT2D eigenvalue weighted by Crippen LogP contribution is -2.21. The quantitative estimate of drug-likeness (QED) is 0.879. The Bertz CT molecular complexity index is 510. The van der Waals surface area contributed by atoms with E-state index in [-0.39, 0.29) is 11.9 Å². The molecule has 0 fully saturated rings. The third kappa shape index (κ3) is 3.81. The van der Waals surface area contributed by atoms with Gasteiger partial charge < -0.3 is 5.32 Å². The highest BCUT2D eigenvalue weighted by atomic mass is 32.1. The molecule has 0 aliphatic heterocycles. The van der Waals surface area contributed by atoms with Gasteiger partial charge in [-0.2, -0.15) is 0 Å². The minimum absolute atomic E-state index is 0.134. The van der Waals surface area contributed by atoms with Crippen LogP contribution < -0.4 is 5.32 Å². The van der Waals surface area contributed by atoms with Crippen LogP contribution in [0, 0.1) is 5.82 Å². The Kier molecular flexibility index (Phi) is 4.99. The molecular formula is C14H18FN3S. The number of nitrogens with one attached hydrogen (secondary N) is 1. The molecule has 2 aromatic rings. The van der Waals surface area contributed by atoms with Gasteiger partial charge in [0.05, 0.1) is 11.9 Å². The van der Waals surface area contributed by atoms with Crippen LogP contribution in [0.15, 0.2) is 24.5 Å². The number of thiazole rings is 1. The lowest BCUT2D eigenvalue weighted by Gasteiger charge is -2.15. The van der Waals surface area contributed by atoms with Crippen molar-refractivity contribution in [2.45, 2.75) is 39.3 Å². The van der Waals surface area contributed by atoms with E-state index < -0.39 is 0 Å². The Morgan fingerprint density at radius 2 is 2.11 bits per heavy atom. The maximum Gasteiger partial charge on any atom is 0.141 e. The standard InChI is InChI=1S/C14H18FN3S/c1-3-11-8-18-14(19-11)9-17-12(4-2)13-6-5-10(15)7-16-13/h5-8,12,17H,3-4,9H2,1-2H3. The Balaban J connectivity index is 1.97. The number of halogens is 1. The van der Waals surface area contributed by atoms with Gasteiger partial charge in [-0.25, -0.2) is 9.37 Å². The van der Waals surface area contributed by atoms with Gasteiger partial charge in [-0.1, -0.05) is 13.8 Å². The second-order valence-electron chi connectivity index (χ2n) is 4.32. The fourth-order valence-corrected chi connectivity index (χ4v) is 2.67. The average Bonchev–Trinajstić information content (AvgIpc) is 2.89. The zero-order chi connectivity index (χ0) is 13.7. The van der Waals surface area contributed by atoms with E-state index in [9.17, 15) is 4.39 Å². The van der Waals surface area contributed by atoms with E-state index in [2.05, 4.69) is 29.1 Å². The highest BCUT2D eigenvalue weighted by molar-refractivity contribution is 7.11. The van der Waals surface area contributed by atoms with Gasteiger partial charge in [0.15, 0.2) is 0 Å². The Morgan fingerprint density at radius 3 is 2.68 bits per heavy atom. The number of rotatable bonds is 6. The Labute approximate surface area is 116 Å². The maximum absolute atomic E-state index is 12.9. The van der Waals surface area contributed by atoms with Gasteiger partial charge in [0, 0.05) is 23.7 Å². The van der Waals surface area contributed by atoms with Crippen molar-refractivity contribution >= 4 is 11.3 Å². The molecule has 2 heterocycles. The average molecular weight is 279 g/mol. The summed E-state index contributed by atoms with van der Waals surface area (Å²) in [6, 6.07) is 3.32. The summed E-state index contributed by atoms with van der Waals surface area (Å²) in [7, 11) is 0. The van der Waals surface area contributed by atoms with Gasteiger partial charge in [-0.05, 0) is 25.0 Å². The molecule has 2 rings (SSSR count). The van der Waals surface area contributed by atoms with E-state index in [1.54, 1.807) is 17.4 Å². The van der Waals surface area contributed by atoms with E-state index in [0.29, 0.717) is 0 Å². The van der Waals surface area contributed by atoms with Crippen LogP contribution >= 0.6 is 11.3 Å². The summed E-state index contributed by atoms with van der Waals surface area (Å²) in [6.07, 6.45) is 5.12. The molecule has 0 spiro atoms. The second-order valence-corrected chi connectivity index (χ2v) is 5.52. The summed E-state index contributed by atoms with van der Waals surface area (Å²) in [6.45, 7) is 4.94. The third-order valence-electron chi connectivity index (χ3n) is 2.97. The first kappa shape index (κ1) is 14.1. The lowest BCUT2D eigenvalue weighted by molar-refractivity contribution is 0.503. The van der Waals surface area contributed by atoms with Crippen molar-refractivity contribution in [3.05, 3.63) is 45.9 Å². The molecule has 102 valence electrons. The molecule has 0 saturated heterocycles. The smallest absolute Gasteiger partial charge is 0.141 e. The van der Waals surface area contributed by atoms with Gasteiger partial charge in [0.25, 0.3) is 0 Å². The van der Waals surface area contributed by atoms with Crippen molar-refractivity contribution in [3.8, 4) is 0 Å². The first-order chi connectivity index (χ1) is 9.22. The van der Waals surface area contributed by atoms with Crippen LogP contribution in [0.2, 0.25) is 0 Å². The van der Waals surface area contributed by atoms with Crippen LogP contribution in [0.1, 0.15) is 41.9 Å². The highest BCUT2D eigenvalue weighted by Gasteiger charge is 2.11. The van der Waals surface area contributed by atoms with E-state index in [1.807, 2.05) is 6.20 Å². The van der Waals surface area contributed by atoms with Gasteiger partial charge >= 0.3 is 0 Å². The number of aromatic nitrogens is 2. The first-order valence-corrected chi connectivity index (χ1v) is 7.33. The topological polar surface area (TPSA) is 37.8 Å². The van der Waals surface area contributed by atoms with Crippen LogP contribution in [-0.4, -0.2) is 9.97 Å². The molecule has 0 aromatic carbocycles. The summed E-state index contributed by atoms with van der Waals surface area (Å²) < 4.78 is 12.9. The Hall–Kier alpha value is -1.33. The molecule has 1 unspecified atom stereocenters. The number of aryl methyl sites for hydroxylation is 1. The molecule has 0 aliphatic carbocycles. The summed E-state index contributed by atoms with van der Waals surface area (Å²) in [5, 5.41) is 4.50. The van der Waals surface area contributed by atoms with Crippen LogP contribution in [0.25, 0.3) is 0 Å². The molecule has 3 nitrogen and oxygen atoms in total. The van der Waals surface area contributed by atoms with Crippen molar-refractivity contribution < 1.29 is 4.39 Å². The van der Waals surface area contributed by atoms with Crippen LogP contribution in [-0.2, 0) is 13.0 Å². The second kappa shape index (κ2) is 6.73. The maximum atomic E-state index is 12.9. The van der Waals surface area contributed by atoms with Crippen molar-refractivity contribution in [2.75, 3.05) is 0 Å². The number of nitrogens with zero attached hydrogens (tertiary/aromatic N) is 2. The number of hydrogen-bond donors (Lipinski definition) is 1. The zero-order valence-electron chi connectivity index (χ0n) is 11.2. The molecule has 1 atom stereocenters. The molecule has 2 aromatic heterocycles. The van der Waals surface area contributed by atoms with Crippen molar-refractivity contribution in [3.63, 3.8) is 0 Å². The van der Waals surface area contributed by atoms with Gasteiger partial charge in [-0.15, -0.1) is 11.3 Å². The molecule has 0 radical (unpaired) electrons. The van der Waals surface area contributed by atoms with Gasteiger partial charge in [-0.3, -0.25) is 4.98 Å². The lowest BCUT2D eigenvalue weighted by atomic mass is 10.1. The predicted octanol–water partition coefficient (Wildman–Crippen LogP) is 3.48. The Morgan fingerprint density at radius 1 is 1.26 bits per heavy atom. The summed E-state index contributed by atoms with van der Waals surface area (Å²) in [4.78, 5) is 9.80. The van der Waals surface area contributed by atoms with Crippen LogP contribution in [0.5, 0.6) is 0 Å². The molecule has 0 bridgehead atoms. The fraction of sp³-hybridized carbons (Fsp3) is 0.429. The van der Waals surface area contributed by atoms with Crippen LogP contribution in [0.3, 0.4) is 0 Å². The summed E-state index contributed by atoms with van der Waals surface area (Å²) in [5.74, 6) is -0.300. The van der Waals surface area contributed by atoms with E-state index in [0.717, 1.165) is 30.1 Å². The molecule has 0 aliphatic rings. The highest BCUT2D eigenvalue weighted by Crippen LogP contribution is 2.17. The van der Waals surface area contributed by atoms with E-state index in [4.69, 9.17) is 0 Å². The zero-order valence-corrected chi connectivity index (χ0v) is 12.0. The van der Waals surface area contributed by atoms with Gasteiger partial charge in [0.1, 0.15) is 10.8 Å². The summed E-state index contributed by atoms with van der Waals surface area (Å²) >= 11 is 1.73. The minimum atomic E-state index is -0.300. The first-order valence-electron chi connectivity index (χ1n) is 6.51. The van der Waals surface area contributed by atoms with Crippen LogP contribution in [0.4, 0.5) is 4.39 Å². The number of pyridine rings is 1. The fourth-order valence-electron chi connectivity index (χ4n) is 1.86. The minimum Gasteiger partial charge on any atom is -0.302 e. The van der Waals surface area contributed by atoms with Crippen molar-refractivity contribution in [2.24, 2.45) is 0 Å². The molecular weight excluding hydrogens is 261 g/mol. The third-order valence-corrected chi connectivity index (χ3v) is 4.11. The molecule has 0 amide bonds. The van der Waals surface area contributed by atoms with Gasteiger partial charge in [0.2, 0.25) is 0 Å². The van der Waals surface area contributed by atoms with Crippen molar-refractivity contribution in [1.29, 1.82) is 0 Å². The van der Waals surface area contributed by atoms with E-state index in [1.165, 1.54) is 17.1 Å². The normalized spacial score (nSPS) is 12.6. The number of hydrogen-bond acceptors (Lipinski definition) is 4. The monoisotopic (exact) mass is 279 g/mol. The molecule has 1 N–H and O–H groups in total. The summed E-state index contributed by atoms with van der Waals surface area (Å²) in [5.41, 5.74) is 0.871.